The van der Waals surface area contributed by atoms with Crippen molar-refractivity contribution in [1.29, 1.82) is 0 Å². The number of ether oxygens (including phenoxy) is 1. The van der Waals surface area contributed by atoms with Crippen LogP contribution in [0.3, 0.4) is 0 Å². The summed E-state index contributed by atoms with van der Waals surface area (Å²) in [7, 11) is -3.59. The summed E-state index contributed by atoms with van der Waals surface area (Å²) in [6.45, 7) is 2.89. The number of hydrogen-bond acceptors (Lipinski definition) is 4. The van der Waals surface area contributed by atoms with Crippen molar-refractivity contribution in [3.8, 4) is 5.75 Å². The van der Waals surface area contributed by atoms with Gasteiger partial charge < -0.3 is 9.84 Å². The minimum Gasteiger partial charge on any atom is -0.492 e. The Morgan fingerprint density at radius 3 is 2.65 bits per heavy atom. The van der Waals surface area contributed by atoms with E-state index in [2.05, 4.69) is 15.9 Å². The largest absolute Gasteiger partial charge is 0.492 e. The Morgan fingerprint density at radius 1 is 1.40 bits per heavy atom. The minimum absolute atomic E-state index is 0.171. The summed E-state index contributed by atoms with van der Waals surface area (Å²) in [5.74, 6) is 0.363. The Labute approximate surface area is 127 Å². The number of benzene rings is 1. The predicted molar refractivity (Wildman–Crippen MR) is 79.3 cm³/mol. The van der Waals surface area contributed by atoms with Gasteiger partial charge in [0.25, 0.3) is 0 Å². The third-order valence-corrected chi connectivity index (χ3v) is 5.66. The molecular formula is C13H18BrNO4S. The lowest BCUT2D eigenvalue weighted by Gasteiger charge is -2.29. The first kappa shape index (κ1) is 15.8. The first-order valence-corrected chi connectivity index (χ1v) is 8.79. The van der Waals surface area contributed by atoms with Crippen molar-refractivity contribution < 1.29 is 18.3 Å². The molecule has 0 unspecified atom stereocenters. The summed E-state index contributed by atoms with van der Waals surface area (Å²) in [4.78, 5) is 0.171. The van der Waals surface area contributed by atoms with Crippen LogP contribution >= 0.6 is 15.9 Å². The van der Waals surface area contributed by atoms with Crippen LogP contribution in [-0.2, 0) is 10.0 Å². The van der Waals surface area contributed by atoms with E-state index in [0.717, 1.165) is 0 Å². The summed E-state index contributed by atoms with van der Waals surface area (Å²) in [5, 5.41) is 9.49. The van der Waals surface area contributed by atoms with Gasteiger partial charge in [-0.3, -0.25) is 0 Å². The zero-order valence-corrected chi connectivity index (χ0v) is 13.7. The first-order chi connectivity index (χ1) is 9.45. The highest BCUT2D eigenvalue weighted by Gasteiger charge is 2.31. The van der Waals surface area contributed by atoms with E-state index < -0.39 is 16.1 Å². The van der Waals surface area contributed by atoms with E-state index in [0.29, 0.717) is 42.8 Å². The number of rotatable bonds is 4. The number of halogens is 1. The van der Waals surface area contributed by atoms with E-state index in [4.69, 9.17) is 4.74 Å². The van der Waals surface area contributed by atoms with Gasteiger partial charge in [0, 0.05) is 17.6 Å². The molecule has 1 saturated heterocycles. The summed E-state index contributed by atoms with van der Waals surface area (Å²) in [6.07, 6.45) is 0.532. The average molecular weight is 364 g/mol. The van der Waals surface area contributed by atoms with Crippen molar-refractivity contribution >= 4 is 26.0 Å². The molecule has 20 heavy (non-hydrogen) atoms. The summed E-state index contributed by atoms with van der Waals surface area (Å²) < 4.78 is 32.9. The molecule has 1 aliphatic rings. The van der Waals surface area contributed by atoms with Crippen molar-refractivity contribution in [3.63, 3.8) is 0 Å². The lowest BCUT2D eigenvalue weighted by Crippen LogP contribution is -2.40. The highest BCUT2D eigenvalue weighted by Crippen LogP contribution is 2.31. The van der Waals surface area contributed by atoms with Gasteiger partial charge in [-0.2, -0.15) is 4.31 Å². The number of piperidine rings is 1. The van der Waals surface area contributed by atoms with Crippen molar-refractivity contribution in [1.82, 2.24) is 4.31 Å². The maximum absolute atomic E-state index is 12.7. The molecule has 0 atom stereocenters. The van der Waals surface area contributed by atoms with Gasteiger partial charge in [0.2, 0.25) is 10.0 Å². The molecule has 0 saturated carbocycles. The molecule has 2 rings (SSSR count). The maximum atomic E-state index is 12.7. The Bertz CT molecular complexity index is 568. The molecule has 5 nitrogen and oxygen atoms in total. The summed E-state index contributed by atoms with van der Waals surface area (Å²) in [6, 6.07) is 4.97. The monoisotopic (exact) mass is 363 g/mol. The van der Waals surface area contributed by atoms with Gasteiger partial charge in [0.1, 0.15) is 10.6 Å². The normalized spacial score (nSPS) is 18.1. The number of aliphatic hydroxyl groups excluding tert-OH is 1. The van der Waals surface area contributed by atoms with E-state index in [9.17, 15) is 13.5 Å². The molecule has 1 aromatic rings. The van der Waals surface area contributed by atoms with Crippen molar-refractivity contribution in [2.24, 2.45) is 0 Å². The molecule has 1 aliphatic heterocycles. The number of aliphatic hydroxyl groups is 1. The molecule has 7 heteroatoms. The molecule has 0 aliphatic carbocycles. The van der Waals surface area contributed by atoms with Crippen LogP contribution in [0.2, 0.25) is 0 Å². The van der Waals surface area contributed by atoms with Gasteiger partial charge >= 0.3 is 0 Å². The van der Waals surface area contributed by atoms with Crippen LogP contribution in [0.25, 0.3) is 0 Å². The SMILES string of the molecule is CCOc1ccc(Br)cc1S(=O)(=O)N1CCC(O)CC1. The smallest absolute Gasteiger partial charge is 0.246 e. The Kier molecular flexibility index (Phi) is 5.06. The highest BCUT2D eigenvalue weighted by atomic mass is 79.9. The van der Waals surface area contributed by atoms with Gasteiger partial charge in [0.15, 0.2) is 0 Å². The summed E-state index contributed by atoms with van der Waals surface area (Å²) in [5.41, 5.74) is 0. The fourth-order valence-corrected chi connectivity index (χ4v) is 4.32. The Morgan fingerprint density at radius 2 is 2.05 bits per heavy atom. The third-order valence-electron chi connectivity index (χ3n) is 3.25. The average Bonchev–Trinajstić information content (AvgIpc) is 2.41. The molecular weight excluding hydrogens is 346 g/mol. The topological polar surface area (TPSA) is 66.8 Å². The molecule has 0 spiro atoms. The molecule has 1 fully saturated rings. The second kappa shape index (κ2) is 6.43. The maximum Gasteiger partial charge on any atom is 0.246 e. The van der Waals surface area contributed by atoms with Crippen LogP contribution in [0.4, 0.5) is 0 Å². The van der Waals surface area contributed by atoms with Crippen LogP contribution in [0.5, 0.6) is 5.75 Å². The second-order valence-electron chi connectivity index (χ2n) is 4.66. The quantitative estimate of drug-likeness (QED) is 0.888. The standard InChI is InChI=1S/C13H18BrNO4S/c1-2-19-12-4-3-10(14)9-13(12)20(17,18)15-7-5-11(16)6-8-15/h3-4,9,11,16H,2,5-8H2,1H3. The van der Waals surface area contributed by atoms with Crippen LogP contribution in [0, 0.1) is 0 Å². The molecule has 0 bridgehead atoms. The van der Waals surface area contributed by atoms with Crippen molar-refractivity contribution in [2.45, 2.75) is 30.8 Å². The molecule has 0 amide bonds. The predicted octanol–water partition coefficient (Wildman–Crippen LogP) is 1.99. The van der Waals surface area contributed by atoms with E-state index in [1.54, 1.807) is 18.2 Å². The van der Waals surface area contributed by atoms with E-state index in [1.807, 2.05) is 6.92 Å². The highest BCUT2D eigenvalue weighted by molar-refractivity contribution is 9.10. The van der Waals surface area contributed by atoms with Crippen LogP contribution < -0.4 is 4.74 Å². The number of hydrogen-bond donors (Lipinski definition) is 1. The van der Waals surface area contributed by atoms with Crippen molar-refractivity contribution in [2.75, 3.05) is 19.7 Å². The third kappa shape index (κ3) is 3.33. The van der Waals surface area contributed by atoms with Gasteiger partial charge in [-0.05, 0) is 38.0 Å². The van der Waals surface area contributed by atoms with E-state index >= 15 is 0 Å². The molecule has 0 aromatic heterocycles. The van der Waals surface area contributed by atoms with Gasteiger partial charge in [-0.25, -0.2) is 8.42 Å². The Balaban J connectivity index is 2.35. The zero-order valence-electron chi connectivity index (χ0n) is 11.3. The lowest BCUT2D eigenvalue weighted by atomic mass is 10.1. The second-order valence-corrected chi connectivity index (χ2v) is 7.48. The van der Waals surface area contributed by atoms with Crippen LogP contribution in [0.15, 0.2) is 27.6 Å². The van der Waals surface area contributed by atoms with E-state index in [1.165, 1.54) is 4.31 Å². The fraction of sp³-hybridized carbons (Fsp3) is 0.538. The minimum atomic E-state index is -3.59. The molecule has 1 N–H and O–H groups in total. The number of nitrogens with zero attached hydrogens (tertiary/aromatic N) is 1. The zero-order chi connectivity index (χ0) is 14.8. The fourth-order valence-electron chi connectivity index (χ4n) is 2.18. The van der Waals surface area contributed by atoms with Gasteiger partial charge in [0.05, 0.1) is 12.7 Å². The number of sulfonamides is 1. The Hall–Kier alpha value is -0.630. The molecule has 112 valence electrons. The molecule has 1 heterocycles. The first-order valence-electron chi connectivity index (χ1n) is 6.55. The molecule has 0 radical (unpaired) electrons. The van der Waals surface area contributed by atoms with Gasteiger partial charge in [-0.1, -0.05) is 15.9 Å². The van der Waals surface area contributed by atoms with Gasteiger partial charge in [-0.15, -0.1) is 0 Å². The van der Waals surface area contributed by atoms with Crippen molar-refractivity contribution in [3.05, 3.63) is 22.7 Å². The summed E-state index contributed by atoms with van der Waals surface area (Å²) >= 11 is 3.29. The lowest BCUT2D eigenvalue weighted by molar-refractivity contribution is 0.113. The van der Waals surface area contributed by atoms with E-state index in [-0.39, 0.29) is 4.90 Å². The molecule has 1 aromatic carbocycles. The van der Waals surface area contributed by atoms with Crippen LogP contribution in [-0.4, -0.2) is 43.6 Å². The van der Waals surface area contributed by atoms with Crippen LogP contribution in [0.1, 0.15) is 19.8 Å².